The number of rotatable bonds is 3. The molecular weight excluding hydrogens is 246 g/mol. The van der Waals surface area contributed by atoms with Crippen LogP contribution in [0.2, 0.25) is 0 Å². The molecule has 0 atom stereocenters. The van der Waals surface area contributed by atoms with Crippen LogP contribution < -0.4 is 0 Å². The van der Waals surface area contributed by atoms with Crippen molar-refractivity contribution in [3.63, 3.8) is 0 Å². The molecule has 3 rings (SSSR count). The van der Waals surface area contributed by atoms with Crippen molar-refractivity contribution in [1.29, 1.82) is 0 Å². The van der Waals surface area contributed by atoms with E-state index in [4.69, 9.17) is 4.52 Å². The summed E-state index contributed by atoms with van der Waals surface area (Å²) in [7, 11) is 2.03. The number of aryl methyl sites for hydroxylation is 2. The van der Waals surface area contributed by atoms with Crippen molar-refractivity contribution in [2.75, 3.05) is 0 Å². The zero-order chi connectivity index (χ0) is 12.5. The lowest BCUT2D eigenvalue weighted by atomic mass is 10.3. The zero-order valence-corrected chi connectivity index (χ0v) is 11.1. The highest BCUT2D eigenvalue weighted by Crippen LogP contribution is 2.25. The van der Waals surface area contributed by atoms with E-state index in [2.05, 4.69) is 20.8 Å². The van der Waals surface area contributed by atoms with E-state index in [1.807, 2.05) is 38.2 Å². The number of hydrogen-bond donors (Lipinski definition) is 0. The van der Waals surface area contributed by atoms with E-state index in [9.17, 15) is 0 Å². The van der Waals surface area contributed by atoms with Crippen molar-refractivity contribution < 1.29 is 4.52 Å². The molecule has 0 N–H and O–H groups in total. The van der Waals surface area contributed by atoms with Gasteiger partial charge in [-0.1, -0.05) is 29.1 Å². The van der Waals surface area contributed by atoms with E-state index in [-0.39, 0.29) is 0 Å². The lowest BCUT2D eigenvalue weighted by molar-refractivity contribution is 0.393. The largest absolute Gasteiger partial charge is 0.361 e. The van der Waals surface area contributed by atoms with Gasteiger partial charge in [-0.25, -0.2) is 4.98 Å². The maximum Gasteiger partial charge on any atom is 0.169 e. The van der Waals surface area contributed by atoms with E-state index in [1.54, 1.807) is 11.8 Å². The van der Waals surface area contributed by atoms with Gasteiger partial charge in [-0.05, 0) is 19.1 Å². The van der Waals surface area contributed by atoms with Gasteiger partial charge in [0.15, 0.2) is 5.16 Å². The second-order valence-corrected chi connectivity index (χ2v) is 5.10. The van der Waals surface area contributed by atoms with Crippen LogP contribution in [0.5, 0.6) is 0 Å². The molecule has 0 saturated heterocycles. The fraction of sp³-hybridized carbons (Fsp3) is 0.231. The Hall–Kier alpha value is -1.75. The Morgan fingerprint density at radius 2 is 2.17 bits per heavy atom. The molecule has 0 aliphatic heterocycles. The third-order valence-corrected chi connectivity index (χ3v) is 3.84. The highest BCUT2D eigenvalue weighted by atomic mass is 32.2. The molecule has 0 radical (unpaired) electrons. The molecule has 1 aromatic carbocycles. The molecule has 0 unspecified atom stereocenters. The van der Waals surface area contributed by atoms with E-state index in [0.29, 0.717) is 0 Å². The summed E-state index contributed by atoms with van der Waals surface area (Å²) in [5.74, 6) is 1.62. The summed E-state index contributed by atoms with van der Waals surface area (Å²) in [4.78, 5) is 4.60. The van der Waals surface area contributed by atoms with Crippen molar-refractivity contribution in [1.82, 2.24) is 14.7 Å². The Kier molecular flexibility index (Phi) is 2.83. The second-order valence-electron chi connectivity index (χ2n) is 4.16. The first-order chi connectivity index (χ1) is 8.74. The summed E-state index contributed by atoms with van der Waals surface area (Å²) in [6.07, 6.45) is 0. The molecule has 0 aliphatic rings. The summed E-state index contributed by atoms with van der Waals surface area (Å²) in [5.41, 5.74) is 3.12. The van der Waals surface area contributed by atoms with Gasteiger partial charge in [0, 0.05) is 18.9 Å². The zero-order valence-electron chi connectivity index (χ0n) is 10.3. The summed E-state index contributed by atoms with van der Waals surface area (Å²) in [6.45, 7) is 1.90. The Morgan fingerprint density at radius 1 is 1.33 bits per heavy atom. The average molecular weight is 259 g/mol. The van der Waals surface area contributed by atoms with Crippen molar-refractivity contribution in [2.45, 2.75) is 17.8 Å². The van der Waals surface area contributed by atoms with Crippen molar-refractivity contribution >= 4 is 22.8 Å². The molecule has 2 heterocycles. The molecule has 0 fully saturated rings. The van der Waals surface area contributed by atoms with Crippen molar-refractivity contribution in [2.24, 2.45) is 7.05 Å². The van der Waals surface area contributed by atoms with Crippen LogP contribution in [-0.2, 0) is 12.8 Å². The summed E-state index contributed by atoms with van der Waals surface area (Å²) < 4.78 is 7.16. The first kappa shape index (κ1) is 11.3. The minimum absolute atomic E-state index is 0.772. The Labute approximate surface area is 109 Å². The lowest BCUT2D eigenvalue weighted by Crippen LogP contribution is -1.91. The van der Waals surface area contributed by atoms with Crippen LogP contribution in [-0.4, -0.2) is 14.7 Å². The standard InChI is InChI=1S/C13H13N3OS/c1-9-7-10(15-17-9)8-18-13-14-11-5-3-4-6-12(11)16(13)2/h3-7H,8H2,1-2H3. The molecule has 0 spiro atoms. The smallest absolute Gasteiger partial charge is 0.169 e. The summed E-state index contributed by atoms with van der Waals surface area (Å²) in [6, 6.07) is 10.1. The number of fused-ring (bicyclic) bond motifs is 1. The number of thioether (sulfide) groups is 1. The number of aromatic nitrogens is 3. The highest BCUT2D eigenvalue weighted by molar-refractivity contribution is 7.98. The fourth-order valence-electron chi connectivity index (χ4n) is 1.88. The highest BCUT2D eigenvalue weighted by Gasteiger charge is 2.09. The average Bonchev–Trinajstić information content (AvgIpc) is 2.92. The van der Waals surface area contributed by atoms with Crippen molar-refractivity contribution in [3.05, 3.63) is 41.8 Å². The molecule has 18 heavy (non-hydrogen) atoms. The third kappa shape index (κ3) is 2.01. The number of nitrogens with zero attached hydrogens (tertiary/aromatic N) is 3. The van der Waals surface area contributed by atoms with Gasteiger partial charge < -0.3 is 9.09 Å². The van der Waals surface area contributed by atoms with Crippen LogP contribution in [0, 0.1) is 6.92 Å². The number of hydrogen-bond acceptors (Lipinski definition) is 4. The van der Waals surface area contributed by atoms with Gasteiger partial charge in [0.2, 0.25) is 0 Å². The maximum atomic E-state index is 5.05. The molecule has 0 aliphatic carbocycles. The van der Waals surface area contributed by atoms with Gasteiger partial charge in [-0.15, -0.1) is 0 Å². The van der Waals surface area contributed by atoms with Crippen LogP contribution in [0.3, 0.4) is 0 Å². The number of imidazole rings is 1. The topological polar surface area (TPSA) is 43.9 Å². The Bertz CT molecular complexity index is 686. The molecular formula is C13H13N3OS. The fourth-order valence-corrected chi connectivity index (χ4v) is 2.74. The van der Waals surface area contributed by atoms with E-state index in [0.717, 1.165) is 33.4 Å². The molecule has 2 aromatic heterocycles. The normalized spacial score (nSPS) is 11.2. The predicted octanol–water partition coefficient (Wildman–Crippen LogP) is 3.16. The molecule has 5 heteroatoms. The molecule has 4 nitrogen and oxygen atoms in total. The third-order valence-electron chi connectivity index (χ3n) is 2.77. The monoisotopic (exact) mass is 259 g/mol. The second kappa shape index (κ2) is 4.49. The van der Waals surface area contributed by atoms with Crippen LogP contribution in [0.1, 0.15) is 11.5 Å². The van der Waals surface area contributed by atoms with Gasteiger partial charge in [0.25, 0.3) is 0 Å². The van der Waals surface area contributed by atoms with Gasteiger partial charge in [-0.3, -0.25) is 0 Å². The van der Waals surface area contributed by atoms with Crippen LogP contribution in [0.4, 0.5) is 0 Å². The van der Waals surface area contributed by atoms with E-state index in [1.165, 1.54) is 0 Å². The maximum absolute atomic E-state index is 5.05. The van der Waals surface area contributed by atoms with Gasteiger partial charge in [0.05, 0.1) is 16.7 Å². The molecule has 3 aromatic rings. The van der Waals surface area contributed by atoms with Crippen LogP contribution >= 0.6 is 11.8 Å². The first-order valence-corrected chi connectivity index (χ1v) is 6.69. The van der Waals surface area contributed by atoms with Gasteiger partial charge >= 0.3 is 0 Å². The molecule has 92 valence electrons. The summed E-state index contributed by atoms with van der Waals surface area (Å²) >= 11 is 1.67. The van der Waals surface area contributed by atoms with Crippen molar-refractivity contribution in [3.8, 4) is 0 Å². The quantitative estimate of drug-likeness (QED) is 0.678. The Morgan fingerprint density at radius 3 is 2.89 bits per heavy atom. The van der Waals surface area contributed by atoms with Crippen LogP contribution in [0.25, 0.3) is 11.0 Å². The molecule has 0 amide bonds. The van der Waals surface area contributed by atoms with E-state index < -0.39 is 0 Å². The predicted molar refractivity (Wildman–Crippen MR) is 71.5 cm³/mol. The molecule has 0 bridgehead atoms. The first-order valence-electron chi connectivity index (χ1n) is 5.70. The SMILES string of the molecule is Cc1cc(CSc2nc3ccccc3n2C)no1. The number of benzene rings is 1. The minimum Gasteiger partial charge on any atom is -0.361 e. The lowest BCUT2D eigenvalue weighted by Gasteiger charge is -1.99. The van der Waals surface area contributed by atoms with Gasteiger partial charge in [-0.2, -0.15) is 0 Å². The Balaban J connectivity index is 1.84. The number of para-hydroxylation sites is 2. The van der Waals surface area contributed by atoms with E-state index >= 15 is 0 Å². The molecule has 0 saturated carbocycles. The van der Waals surface area contributed by atoms with Crippen LogP contribution in [0.15, 0.2) is 40.0 Å². The summed E-state index contributed by atoms with van der Waals surface area (Å²) in [5, 5.41) is 4.98. The minimum atomic E-state index is 0.772. The van der Waals surface area contributed by atoms with Gasteiger partial charge in [0.1, 0.15) is 5.76 Å².